The van der Waals surface area contributed by atoms with Gasteiger partial charge in [0.1, 0.15) is 12.4 Å². The van der Waals surface area contributed by atoms with Gasteiger partial charge in [-0.1, -0.05) is 29.4 Å². The molecule has 0 saturated heterocycles. The Morgan fingerprint density at radius 1 is 1.17 bits per heavy atom. The molecule has 6 heteroatoms. The van der Waals surface area contributed by atoms with Crippen molar-refractivity contribution < 1.29 is 14.1 Å². The van der Waals surface area contributed by atoms with Gasteiger partial charge in [-0.3, -0.25) is 4.79 Å². The number of carbonyl (C=O) groups is 1. The first-order valence-electron chi connectivity index (χ1n) is 10.1. The lowest BCUT2D eigenvalue weighted by molar-refractivity contribution is 0.0724. The molecule has 4 aromatic rings. The van der Waals surface area contributed by atoms with Crippen molar-refractivity contribution in [2.45, 2.75) is 33.4 Å². The van der Waals surface area contributed by atoms with Gasteiger partial charge in [0, 0.05) is 47.7 Å². The van der Waals surface area contributed by atoms with E-state index in [4.69, 9.17) is 9.26 Å². The first-order valence-corrected chi connectivity index (χ1v) is 10.1. The molecule has 1 aliphatic rings. The number of nitrogens with one attached hydrogen (secondary N) is 1. The predicted octanol–water partition coefficient (Wildman–Crippen LogP) is 4.55. The van der Waals surface area contributed by atoms with Gasteiger partial charge in [-0.15, -0.1) is 0 Å². The number of H-pyrrole nitrogens is 1. The van der Waals surface area contributed by atoms with Gasteiger partial charge in [-0.25, -0.2) is 0 Å². The molecule has 3 heterocycles. The molecule has 0 fully saturated rings. The van der Waals surface area contributed by atoms with Crippen molar-refractivity contribution in [3.8, 4) is 5.75 Å². The SMILES string of the molecule is Cc1ccc(OCc2cc(C(=O)N3CCc4[nH]c5ccccc5c4C3)no2)cc1C. The zero-order chi connectivity index (χ0) is 20.7. The zero-order valence-corrected chi connectivity index (χ0v) is 17.1. The standard InChI is InChI=1S/C24H23N3O3/c1-15-7-8-17(11-16(15)2)29-14-18-12-23(26-30-18)24(28)27-10-9-22-20(13-27)19-5-3-4-6-21(19)25-22/h3-8,11-12,25H,9-10,13-14H2,1-2H3. The van der Waals surface area contributed by atoms with Crippen LogP contribution in [0.2, 0.25) is 0 Å². The fraction of sp³-hybridized carbons (Fsp3) is 0.250. The van der Waals surface area contributed by atoms with E-state index in [1.54, 1.807) is 6.07 Å². The molecule has 2 aromatic carbocycles. The van der Waals surface area contributed by atoms with Gasteiger partial charge in [0.25, 0.3) is 5.91 Å². The van der Waals surface area contributed by atoms with E-state index in [1.165, 1.54) is 27.8 Å². The molecule has 1 N–H and O–H groups in total. The summed E-state index contributed by atoms with van der Waals surface area (Å²) in [5.41, 5.74) is 6.22. The third-order valence-corrected chi connectivity index (χ3v) is 5.81. The summed E-state index contributed by atoms with van der Waals surface area (Å²) in [5.74, 6) is 1.18. The lowest BCUT2D eigenvalue weighted by Crippen LogP contribution is -2.36. The van der Waals surface area contributed by atoms with Crippen molar-refractivity contribution in [2.24, 2.45) is 0 Å². The van der Waals surface area contributed by atoms with E-state index >= 15 is 0 Å². The minimum absolute atomic E-state index is 0.118. The van der Waals surface area contributed by atoms with E-state index in [1.807, 2.05) is 42.2 Å². The predicted molar refractivity (Wildman–Crippen MR) is 113 cm³/mol. The molecule has 0 bridgehead atoms. The maximum absolute atomic E-state index is 13.0. The summed E-state index contributed by atoms with van der Waals surface area (Å²) in [6.07, 6.45) is 0.802. The molecule has 152 valence electrons. The van der Waals surface area contributed by atoms with Crippen molar-refractivity contribution in [3.63, 3.8) is 0 Å². The molecular weight excluding hydrogens is 378 g/mol. The van der Waals surface area contributed by atoms with Gasteiger partial charge in [-0.2, -0.15) is 0 Å². The molecule has 0 radical (unpaired) electrons. The van der Waals surface area contributed by atoms with Crippen LogP contribution in [0.25, 0.3) is 10.9 Å². The average molecular weight is 401 g/mol. The number of carbonyl (C=O) groups excluding carboxylic acids is 1. The molecule has 1 aliphatic heterocycles. The van der Waals surface area contributed by atoms with Crippen LogP contribution in [0.15, 0.2) is 53.1 Å². The first kappa shape index (κ1) is 18.5. The molecule has 6 nitrogen and oxygen atoms in total. The van der Waals surface area contributed by atoms with Crippen LogP contribution in [0.4, 0.5) is 0 Å². The number of benzene rings is 2. The molecule has 0 aliphatic carbocycles. The van der Waals surface area contributed by atoms with Crippen LogP contribution in [0, 0.1) is 13.8 Å². The topological polar surface area (TPSA) is 71.4 Å². The van der Waals surface area contributed by atoms with E-state index < -0.39 is 0 Å². The highest BCUT2D eigenvalue weighted by atomic mass is 16.5. The van der Waals surface area contributed by atoms with E-state index in [9.17, 15) is 4.79 Å². The van der Waals surface area contributed by atoms with Gasteiger partial charge in [-0.05, 0) is 43.2 Å². The number of aryl methyl sites for hydroxylation is 2. The third kappa shape index (κ3) is 3.34. The monoisotopic (exact) mass is 401 g/mol. The number of aromatic nitrogens is 2. The number of rotatable bonds is 4. The molecule has 5 rings (SSSR count). The minimum atomic E-state index is -0.118. The maximum atomic E-state index is 13.0. The maximum Gasteiger partial charge on any atom is 0.276 e. The van der Waals surface area contributed by atoms with Crippen molar-refractivity contribution in [1.29, 1.82) is 0 Å². The number of aromatic amines is 1. The Hall–Kier alpha value is -3.54. The molecule has 0 atom stereocenters. The molecule has 0 unspecified atom stereocenters. The first-order chi connectivity index (χ1) is 14.6. The van der Waals surface area contributed by atoms with E-state index in [0.29, 0.717) is 24.5 Å². The summed E-state index contributed by atoms with van der Waals surface area (Å²) >= 11 is 0. The summed E-state index contributed by atoms with van der Waals surface area (Å²) in [7, 11) is 0. The highest BCUT2D eigenvalue weighted by Crippen LogP contribution is 2.28. The highest BCUT2D eigenvalue weighted by Gasteiger charge is 2.26. The van der Waals surface area contributed by atoms with Crippen LogP contribution in [-0.2, 0) is 19.6 Å². The Labute approximate surface area is 174 Å². The number of fused-ring (bicyclic) bond motifs is 3. The van der Waals surface area contributed by atoms with Crippen molar-refractivity contribution in [1.82, 2.24) is 15.0 Å². The Balaban J connectivity index is 1.28. The number of ether oxygens (including phenoxy) is 1. The molecule has 2 aromatic heterocycles. The van der Waals surface area contributed by atoms with Gasteiger partial charge >= 0.3 is 0 Å². The van der Waals surface area contributed by atoms with Crippen LogP contribution in [0.3, 0.4) is 0 Å². The number of hydrogen-bond acceptors (Lipinski definition) is 4. The second-order valence-electron chi connectivity index (χ2n) is 7.82. The van der Waals surface area contributed by atoms with Crippen molar-refractivity contribution in [2.75, 3.05) is 6.54 Å². The lowest BCUT2D eigenvalue weighted by Gasteiger charge is -2.26. The Morgan fingerprint density at radius 3 is 2.90 bits per heavy atom. The van der Waals surface area contributed by atoms with Gasteiger partial charge < -0.3 is 19.1 Å². The van der Waals surface area contributed by atoms with Gasteiger partial charge in [0.2, 0.25) is 0 Å². The van der Waals surface area contributed by atoms with Crippen LogP contribution in [0.1, 0.15) is 38.6 Å². The molecule has 0 spiro atoms. The summed E-state index contributed by atoms with van der Waals surface area (Å²) in [6.45, 7) is 5.56. The summed E-state index contributed by atoms with van der Waals surface area (Å²) in [5, 5.41) is 5.16. The quantitative estimate of drug-likeness (QED) is 0.545. The third-order valence-electron chi connectivity index (χ3n) is 5.81. The zero-order valence-electron chi connectivity index (χ0n) is 17.1. The van der Waals surface area contributed by atoms with Gasteiger partial charge in [0.05, 0.1) is 0 Å². The molecular formula is C24H23N3O3. The Kier molecular flexibility index (Phi) is 4.54. The fourth-order valence-electron chi connectivity index (χ4n) is 3.94. The summed E-state index contributed by atoms with van der Waals surface area (Å²) < 4.78 is 11.1. The number of amides is 1. The second kappa shape index (κ2) is 7.37. The largest absolute Gasteiger partial charge is 0.486 e. The van der Waals surface area contributed by atoms with E-state index in [-0.39, 0.29) is 12.5 Å². The summed E-state index contributed by atoms with van der Waals surface area (Å²) in [4.78, 5) is 18.3. The van der Waals surface area contributed by atoms with E-state index in [0.717, 1.165) is 17.7 Å². The number of para-hydroxylation sites is 1. The minimum Gasteiger partial charge on any atom is -0.486 e. The van der Waals surface area contributed by atoms with Crippen LogP contribution in [-0.4, -0.2) is 27.5 Å². The molecule has 30 heavy (non-hydrogen) atoms. The number of hydrogen-bond donors (Lipinski definition) is 1. The normalized spacial score (nSPS) is 13.5. The van der Waals surface area contributed by atoms with Gasteiger partial charge in [0.15, 0.2) is 11.5 Å². The van der Waals surface area contributed by atoms with Crippen LogP contribution >= 0.6 is 0 Å². The smallest absolute Gasteiger partial charge is 0.276 e. The fourth-order valence-corrected chi connectivity index (χ4v) is 3.94. The van der Waals surface area contributed by atoms with Crippen molar-refractivity contribution in [3.05, 3.63) is 82.4 Å². The lowest BCUT2D eigenvalue weighted by atomic mass is 10.0. The van der Waals surface area contributed by atoms with E-state index in [2.05, 4.69) is 29.2 Å². The van der Waals surface area contributed by atoms with Crippen molar-refractivity contribution >= 4 is 16.8 Å². The average Bonchev–Trinajstić information content (AvgIpc) is 3.38. The number of nitrogens with zero attached hydrogens (tertiary/aromatic N) is 2. The summed E-state index contributed by atoms with van der Waals surface area (Å²) in [6, 6.07) is 15.8. The Bertz CT molecular complexity index is 1240. The Morgan fingerprint density at radius 2 is 2.03 bits per heavy atom. The second-order valence-corrected chi connectivity index (χ2v) is 7.82. The van der Waals surface area contributed by atoms with Crippen LogP contribution in [0.5, 0.6) is 5.75 Å². The highest BCUT2D eigenvalue weighted by molar-refractivity contribution is 5.93. The molecule has 1 amide bonds. The molecule has 0 saturated carbocycles. The van der Waals surface area contributed by atoms with Crippen LogP contribution < -0.4 is 4.74 Å².